The van der Waals surface area contributed by atoms with E-state index in [1.54, 1.807) is 0 Å². The van der Waals surface area contributed by atoms with E-state index in [0.717, 1.165) is 18.2 Å². The van der Waals surface area contributed by atoms with Gasteiger partial charge in [0.2, 0.25) is 5.91 Å². The van der Waals surface area contributed by atoms with Crippen LogP contribution >= 0.6 is 0 Å². The van der Waals surface area contributed by atoms with Gasteiger partial charge in [-0.15, -0.1) is 0 Å². The van der Waals surface area contributed by atoms with Gasteiger partial charge in [-0.2, -0.15) is 26.3 Å². The van der Waals surface area contributed by atoms with Gasteiger partial charge in [0.15, 0.2) is 9.64 Å². The lowest BCUT2D eigenvalue weighted by Crippen LogP contribution is -2.56. The van der Waals surface area contributed by atoms with Crippen molar-refractivity contribution in [2.45, 2.75) is 72.5 Å². The van der Waals surface area contributed by atoms with Gasteiger partial charge in [-0.25, -0.2) is 8.78 Å². The van der Waals surface area contributed by atoms with Gasteiger partial charge in [0.25, 0.3) is 5.60 Å². The number of hydrogen-bond acceptors (Lipinski definition) is 4. The lowest BCUT2D eigenvalue weighted by Gasteiger charge is -2.51. The van der Waals surface area contributed by atoms with E-state index in [4.69, 9.17) is 0 Å². The summed E-state index contributed by atoms with van der Waals surface area (Å²) in [5.74, 6) is -3.82. The van der Waals surface area contributed by atoms with Crippen molar-refractivity contribution in [1.82, 2.24) is 4.90 Å². The zero-order valence-electron chi connectivity index (χ0n) is 23.9. The Balaban J connectivity index is 1.55. The number of carboxylic acids is 1. The third-order valence-corrected chi connectivity index (χ3v) is 12.0. The second-order valence-electron chi connectivity index (χ2n) is 12.1. The largest absolute Gasteiger partial charge is 0.611 e. The summed E-state index contributed by atoms with van der Waals surface area (Å²) in [7, 11) is 0.163. The normalized spacial score (nSPS) is 27.9. The first-order chi connectivity index (χ1) is 20.9. The van der Waals surface area contributed by atoms with E-state index < -0.39 is 67.9 Å². The molecule has 4 aliphatic rings. The Morgan fingerprint density at radius 3 is 1.87 bits per heavy atom. The van der Waals surface area contributed by atoms with Gasteiger partial charge in [0, 0.05) is 36.6 Å². The molecular weight excluding hydrogens is 638 g/mol. The highest BCUT2D eigenvalue weighted by atomic mass is 32.2. The Morgan fingerprint density at radius 2 is 1.40 bits per heavy atom. The van der Waals surface area contributed by atoms with Crippen LogP contribution in [0.5, 0.6) is 0 Å². The molecule has 1 N–H and O–H groups in total. The van der Waals surface area contributed by atoms with E-state index in [-0.39, 0.29) is 43.0 Å². The summed E-state index contributed by atoms with van der Waals surface area (Å²) in [6.45, 7) is -0.345. The minimum atomic E-state index is -6.11. The molecule has 4 fully saturated rings. The Morgan fingerprint density at radius 1 is 0.867 bits per heavy atom. The zero-order chi connectivity index (χ0) is 33.2. The van der Waals surface area contributed by atoms with Crippen molar-refractivity contribution in [3.8, 4) is 0 Å². The molecule has 1 saturated heterocycles. The van der Waals surface area contributed by atoms with E-state index in [0.29, 0.717) is 50.7 Å². The van der Waals surface area contributed by atoms with Crippen LogP contribution in [0, 0.1) is 22.5 Å². The van der Waals surface area contributed by atoms with Crippen LogP contribution < -0.4 is 0 Å². The van der Waals surface area contributed by atoms with Crippen molar-refractivity contribution in [2.75, 3.05) is 20.2 Å². The highest BCUT2D eigenvalue weighted by Gasteiger charge is 2.74. The molecule has 3 saturated carbocycles. The number of rotatable bonds is 7. The van der Waals surface area contributed by atoms with Gasteiger partial charge in [-0.05, 0) is 80.0 Å². The maximum Gasteiger partial charge on any atom is 0.430 e. The third-order valence-electron chi connectivity index (χ3n) is 10.0. The number of ether oxygens (including phenoxy) is 1. The quantitative estimate of drug-likeness (QED) is 0.266. The first-order valence-corrected chi connectivity index (χ1v) is 15.2. The Bertz CT molecular complexity index is 1440. The second kappa shape index (κ2) is 11.1. The Labute approximate surface area is 255 Å². The lowest BCUT2D eigenvalue weighted by atomic mass is 9.53. The van der Waals surface area contributed by atoms with Gasteiger partial charge < -0.3 is 19.3 Å². The molecule has 2 aromatic rings. The first-order valence-electron chi connectivity index (χ1n) is 14.1. The number of benzene rings is 2. The molecule has 0 spiro atoms. The molecule has 45 heavy (non-hydrogen) atoms. The summed E-state index contributed by atoms with van der Waals surface area (Å²) >= 11 is -2.19. The fourth-order valence-electron chi connectivity index (χ4n) is 7.29. The molecule has 15 heteroatoms. The number of carbonyl (C=O) groups excluding carboxylic acids is 1. The molecule has 2 aromatic carbocycles. The highest BCUT2D eigenvalue weighted by Crippen LogP contribution is 2.59. The third kappa shape index (κ3) is 5.09. The van der Waals surface area contributed by atoms with E-state index in [9.17, 15) is 50.0 Å². The Hall–Kier alpha value is -2.91. The summed E-state index contributed by atoms with van der Waals surface area (Å²) < 4.78 is 129. The monoisotopic (exact) mass is 667 g/mol. The van der Waals surface area contributed by atoms with Crippen molar-refractivity contribution in [1.29, 1.82) is 0 Å². The summed E-state index contributed by atoms with van der Waals surface area (Å²) in [6, 6.07) is 5.99. The minimum Gasteiger partial charge on any atom is -0.611 e. The number of methoxy groups -OCH3 is 1. The number of nitrogens with zero attached hydrogens (tertiary/aromatic N) is 1. The molecule has 1 unspecified atom stereocenters. The van der Waals surface area contributed by atoms with Crippen molar-refractivity contribution in [3.63, 3.8) is 0 Å². The number of halogens is 8. The number of fused-ring (bicyclic) bond motifs is 3. The van der Waals surface area contributed by atoms with E-state index in [2.05, 4.69) is 4.74 Å². The van der Waals surface area contributed by atoms with Gasteiger partial charge >= 0.3 is 18.3 Å². The summed E-state index contributed by atoms with van der Waals surface area (Å²) in [6.07, 6.45) is -10.5. The highest BCUT2D eigenvalue weighted by molar-refractivity contribution is 7.92. The van der Waals surface area contributed by atoms with E-state index in [1.807, 2.05) is 0 Å². The molecule has 6 nitrogen and oxygen atoms in total. The molecule has 2 bridgehead atoms. The molecule has 0 radical (unpaired) electrons. The van der Waals surface area contributed by atoms with Crippen LogP contribution in [0.4, 0.5) is 35.1 Å². The predicted octanol–water partition coefficient (Wildman–Crippen LogP) is 6.59. The fourth-order valence-corrected chi connectivity index (χ4v) is 9.01. The molecule has 2 atom stereocenters. The SMILES string of the molecule is COC(c1ccc([C@]2([S+]([O-])c3ccc(F)cc3)CCN(C(=O)C34CCC(C(=O)O)(CC3)CC4)C2)cc1F)(C(F)(F)F)C(F)(F)F. The molecule has 1 aliphatic heterocycles. The number of amides is 1. The molecular formula is C30H29F8NO5S. The number of aliphatic carboxylic acids is 1. The summed E-state index contributed by atoms with van der Waals surface area (Å²) in [5, 5.41) is 9.71. The predicted molar refractivity (Wildman–Crippen MR) is 143 cm³/mol. The van der Waals surface area contributed by atoms with Crippen molar-refractivity contribution < 1.29 is 59.1 Å². The summed E-state index contributed by atoms with van der Waals surface area (Å²) in [4.78, 5) is 27.3. The van der Waals surface area contributed by atoms with E-state index >= 15 is 4.39 Å². The first kappa shape index (κ1) is 33.5. The fraction of sp³-hybridized carbons (Fsp3) is 0.533. The summed E-state index contributed by atoms with van der Waals surface area (Å²) in [5.41, 5.74) is -8.82. The van der Waals surface area contributed by atoms with Crippen LogP contribution in [0.3, 0.4) is 0 Å². The smallest absolute Gasteiger partial charge is 0.430 e. The van der Waals surface area contributed by atoms with Crippen LogP contribution in [-0.2, 0) is 35.8 Å². The average molecular weight is 668 g/mol. The topological polar surface area (TPSA) is 89.9 Å². The number of carboxylic acid groups (broad SMARTS) is 1. The minimum absolute atomic E-state index is 0.0198. The van der Waals surface area contributed by atoms with Gasteiger partial charge in [-0.3, -0.25) is 9.59 Å². The van der Waals surface area contributed by atoms with Crippen LogP contribution in [0.25, 0.3) is 0 Å². The average Bonchev–Trinajstić information content (AvgIpc) is 3.44. The molecule has 3 aliphatic carbocycles. The molecule has 246 valence electrons. The maximum absolute atomic E-state index is 15.5. The molecule has 1 heterocycles. The molecule has 1 amide bonds. The second-order valence-corrected chi connectivity index (χ2v) is 13.9. The molecule has 0 aromatic heterocycles. The van der Waals surface area contributed by atoms with Gasteiger partial charge in [0.1, 0.15) is 11.6 Å². The van der Waals surface area contributed by atoms with Crippen molar-refractivity contribution in [3.05, 3.63) is 65.2 Å². The zero-order valence-corrected chi connectivity index (χ0v) is 24.7. The maximum atomic E-state index is 15.5. The van der Waals surface area contributed by atoms with Crippen LogP contribution in [0.15, 0.2) is 47.4 Å². The molecule has 6 rings (SSSR count). The van der Waals surface area contributed by atoms with Crippen LogP contribution in [0.1, 0.15) is 56.1 Å². The van der Waals surface area contributed by atoms with Crippen molar-refractivity contribution in [2.24, 2.45) is 10.8 Å². The van der Waals surface area contributed by atoms with Crippen LogP contribution in [0.2, 0.25) is 0 Å². The lowest BCUT2D eigenvalue weighted by molar-refractivity contribution is -0.384. The van der Waals surface area contributed by atoms with Crippen molar-refractivity contribution >= 4 is 23.1 Å². The van der Waals surface area contributed by atoms with Crippen LogP contribution in [-0.4, -0.2) is 59.0 Å². The standard InChI is InChI=1S/C30H29F8NO5S/c1-44-28(29(33,34)35,30(36,37)38)21-7-2-18(16-22(21)32)27(45(43)20-5-3-19(31)4-6-20)14-15-39(17-27)23(40)25-8-11-26(12-9-25,13-10-25)24(41)42/h2-7,16H,8-15,17H2,1H3,(H,41,42)/t25?,26?,27-,45?/m0/s1. The number of hydrogen-bond donors (Lipinski definition) is 1. The van der Waals surface area contributed by atoms with Gasteiger partial charge in [-0.1, -0.05) is 12.1 Å². The Kier molecular flexibility index (Phi) is 8.26. The number of likely N-dealkylation sites (tertiary alicyclic amines) is 1. The van der Waals surface area contributed by atoms with E-state index in [1.165, 1.54) is 17.0 Å². The number of carbonyl (C=O) groups is 2. The van der Waals surface area contributed by atoms with Gasteiger partial charge in [0.05, 0.1) is 12.0 Å². The number of alkyl halides is 6.